The van der Waals surface area contributed by atoms with Crippen molar-refractivity contribution in [2.75, 3.05) is 26.7 Å². The Morgan fingerprint density at radius 2 is 1.95 bits per heavy atom. The van der Waals surface area contributed by atoms with Gasteiger partial charge in [-0.1, -0.05) is 35.0 Å². The second-order valence-corrected chi connectivity index (χ2v) is 7.60. The van der Waals surface area contributed by atoms with Gasteiger partial charge in [0.1, 0.15) is 0 Å². The highest BCUT2D eigenvalue weighted by Gasteiger charge is 2.46. The van der Waals surface area contributed by atoms with Gasteiger partial charge in [-0.25, -0.2) is 0 Å². The standard InChI is InChI=1S/C17H23BrN2O.ClH/c1-12(13-9-19-10-13)16(21)20(2)11-17(7-8-17)14-3-5-15(18)6-4-14;/h3-6,12-13,19H,7-11H2,1-2H3;1H. The Kier molecular flexibility index (Phi) is 5.57. The van der Waals surface area contributed by atoms with Crippen LogP contribution in [0.1, 0.15) is 25.3 Å². The van der Waals surface area contributed by atoms with Crippen LogP contribution in [0.4, 0.5) is 0 Å². The summed E-state index contributed by atoms with van der Waals surface area (Å²) in [6.45, 7) is 4.89. The maximum Gasteiger partial charge on any atom is 0.225 e. The molecule has 0 spiro atoms. The number of nitrogens with zero attached hydrogens (tertiary/aromatic N) is 1. The third kappa shape index (κ3) is 3.50. The summed E-state index contributed by atoms with van der Waals surface area (Å²) in [6.07, 6.45) is 2.37. The van der Waals surface area contributed by atoms with Crippen molar-refractivity contribution >= 4 is 34.2 Å². The normalized spacial score (nSPS) is 20.5. The van der Waals surface area contributed by atoms with Crippen molar-refractivity contribution in [3.8, 4) is 0 Å². The van der Waals surface area contributed by atoms with E-state index in [0.717, 1.165) is 24.1 Å². The average Bonchev–Trinajstić information content (AvgIpc) is 3.17. The SMILES string of the molecule is CC(C(=O)N(C)CC1(c2ccc(Br)cc2)CC1)C1CNC1.Cl. The number of benzene rings is 1. The quantitative estimate of drug-likeness (QED) is 0.841. The molecule has 1 aliphatic heterocycles. The summed E-state index contributed by atoms with van der Waals surface area (Å²) in [5.41, 5.74) is 1.56. The maximum absolute atomic E-state index is 12.6. The predicted octanol–water partition coefficient (Wildman–Crippen LogP) is 3.22. The Labute approximate surface area is 147 Å². The van der Waals surface area contributed by atoms with E-state index in [2.05, 4.69) is 52.4 Å². The zero-order chi connectivity index (χ0) is 15.0. The lowest BCUT2D eigenvalue weighted by atomic mass is 9.87. The van der Waals surface area contributed by atoms with E-state index in [0.29, 0.717) is 11.8 Å². The van der Waals surface area contributed by atoms with E-state index in [9.17, 15) is 4.79 Å². The Hall–Kier alpha value is -0.580. The first-order valence-corrected chi connectivity index (χ1v) is 8.53. The molecule has 1 N–H and O–H groups in total. The zero-order valence-electron chi connectivity index (χ0n) is 13.1. The van der Waals surface area contributed by atoms with E-state index < -0.39 is 0 Å². The van der Waals surface area contributed by atoms with Crippen molar-refractivity contribution in [3.05, 3.63) is 34.3 Å². The third-order valence-electron chi connectivity index (χ3n) is 5.14. The lowest BCUT2D eigenvalue weighted by molar-refractivity contribution is -0.136. The summed E-state index contributed by atoms with van der Waals surface area (Å²) in [7, 11) is 1.96. The van der Waals surface area contributed by atoms with Gasteiger partial charge in [-0.3, -0.25) is 4.79 Å². The molecule has 1 saturated heterocycles. The van der Waals surface area contributed by atoms with Gasteiger partial charge in [0.25, 0.3) is 0 Å². The maximum atomic E-state index is 12.6. The highest BCUT2D eigenvalue weighted by Crippen LogP contribution is 2.49. The molecule has 1 unspecified atom stereocenters. The van der Waals surface area contributed by atoms with Gasteiger partial charge >= 0.3 is 0 Å². The molecular weight excluding hydrogens is 364 g/mol. The molecule has 22 heavy (non-hydrogen) atoms. The molecule has 1 heterocycles. The van der Waals surface area contributed by atoms with Gasteiger partial charge in [-0.05, 0) is 49.5 Å². The summed E-state index contributed by atoms with van der Waals surface area (Å²) in [5.74, 6) is 0.949. The molecule has 1 aromatic rings. The fourth-order valence-corrected chi connectivity index (χ4v) is 3.50. The number of amides is 1. The largest absolute Gasteiger partial charge is 0.345 e. The first kappa shape index (κ1) is 17.8. The fraction of sp³-hybridized carbons (Fsp3) is 0.588. The molecule has 5 heteroatoms. The van der Waals surface area contributed by atoms with Crippen molar-refractivity contribution in [1.29, 1.82) is 0 Å². The van der Waals surface area contributed by atoms with Crippen LogP contribution in [0.2, 0.25) is 0 Å². The second kappa shape index (κ2) is 6.90. The molecule has 1 atom stereocenters. The number of nitrogens with one attached hydrogen (secondary N) is 1. The Morgan fingerprint density at radius 3 is 2.41 bits per heavy atom. The average molecular weight is 388 g/mol. The Balaban J connectivity index is 0.00000176. The topological polar surface area (TPSA) is 32.3 Å². The van der Waals surface area contributed by atoms with Crippen LogP contribution in [0.5, 0.6) is 0 Å². The number of likely N-dealkylation sites (N-methyl/N-ethyl adjacent to an activating group) is 1. The van der Waals surface area contributed by atoms with Crippen molar-refractivity contribution in [3.63, 3.8) is 0 Å². The van der Waals surface area contributed by atoms with Gasteiger partial charge in [0, 0.05) is 29.4 Å². The molecule has 1 saturated carbocycles. The fourth-order valence-electron chi connectivity index (χ4n) is 3.24. The van der Waals surface area contributed by atoms with Crippen molar-refractivity contribution in [1.82, 2.24) is 10.2 Å². The van der Waals surface area contributed by atoms with Crippen LogP contribution < -0.4 is 5.32 Å². The minimum absolute atomic E-state index is 0. The number of carbonyl (C=O) groups is 1. The van der Waals surface area contributed by atoms with Gasteiger partial charge in [0.2, 0.25) is 5.91 Å². The Morgan fingerprint density at radius 1 is 1.36 bits per heavy atom. The van der Waals surface area contributed by atoms with Gasteiger partial charge in [-0.2, -0.15) is 0 Å². The number of hydrogen-bond acceptors (Lipinski definition) is 2. The van der Waals surface area contributed by atoms with Crippen LogP contribution in [0.3, 0.4) is 0 Å². The molecule has 0 bridgehead atoms. The molecule has 0 aromatic heterocycles. The van der Waals surface area contributed by atoms with Crippen LogP contribution in [-0.4, -0.2) is 37.5 Å². The first-order chi connectivity index (χ1) is 10.0. The molecule has 1 amide bonds. The minimum Gasteiger partial charge on any atom is -0.345 e. The van der Waals surface area contributed by atoms with Crippen molar-refractivity contribution < 1.29 is 4.79 Å². The van der Waals surface area contributed by atoms with Gasteiger partial charge in [0.05, 0.1) is 0 Å². The smallest absolute Gasteiger partial charge is 0.225 e. The number of rotatable bonds is 5. The molecule has 2 aliphatic rings. The summed E-state index contributed by atoms with van der Waals surface area (Å²) in [4.78, 5) is 14.5. The highest BCUT2D eigenvalue weighted by molar-refractivity contribution is 9.10. The summed E-state index contributed by atoms with van der Waals surface area (Å²) < 4.78 is 1.11. The number of carbonyl (C=O) groups excluding carboxylic acids is 1. The van der Waals surface area contributed by atoms with Gasteiger partial charge in [0.15, 0.2) is 0 Å². The summed E-state index contributed by atoms with van der Waals surface area (Å²) in [5, 5.41) is 3.25. The van der Waals surface area contributed by atoms with Crippen LogP contribution in [-0.2, 0) is 10.2 Å². The van der Waals surface area contributed by atoms with E-state index >= 15 is 0 Å². The minimum atomic E-state index is 0. The predicted molar refractivity (Wildman–Crippen MR) is 95.5 cm³/mol. The monoisotopic (exact) mass is 386 g/mol. The first-order valence-electron chi connectivity index (χ1n) is 7.74. The molecule has 1 aliphatic carbocycles. The van der Waals surface area contributed by atoms with Crippen LogP contribution >= 0.6 is 28.3 Å². The lowest BCUT2D eigenvalue weighted by Gasteiger charge is -2.35. The Bertz CT molecular complexity index is 526. The zero-order valence-corrected chi connectivity index (χ0v) is 15.5. The van der Waals surface area contributed by atoms with E-state index in [-0.39, 0.29) is 23.7 Å². The number of halogens is 2. The van der Waals surface area contributed by atoms with Crippen molar-refractivity contribution in [2.24, 2.45) is 11.8 Å². The summed E-state index contributed by atoms with van der Waals surface area (Å²) in [6, 6.07) is 8.57. The molecule has 3 nitrogen and oxygen atoms in total. The van der Waals surface area contributed by atoms with E-state index in [1.165, 1.54) is 18.4 Å². The van der Waals surface area contributed by atoms with Crippen LogP contribution in [0.25, 0.3) is 0 Å². The van der Waals surface area contributed by atoms with Crippen molar-refractivity contribution in [2.45, 2.75) is 25.2 Å². The second-order valence-electron chi connectivity index (χ2n) is 6.69. The van der Waals surface area contributed by atoms with E-state index in [4.69, 9.17) is 0 Å². The molecule has 122 valence electrons. The molecule has 1 aromatic carbocycles. The van der Waals surface area contributed by atoms with Crippen LogP contribution in [0.15, 0.2) is 28.7 Å². The molecule has 2 fully saturated rings. The molecular formula is C17H24BrClN2O. The van der Waals surface area contributed by atoms with E-state index in [1.807, 2.05) is 11.9 Å². The van der Waals surface area contributed by atoms with E-state index in [1.54, 1.807) is 0 Å². The molecule has 0 radical (unpaired) electrons. The number of hydrogen-bond donors (Lipinski definition) is 1. The summed E-state index contributed by atoms with van der Waals surface area (Å²) >= 11 is 3.49. The lowest BCUT2D eigenvalue weighted by Crippen LogP contribution is -2.50. The van der Waals surface area contributed by atoms with Crippen LogP contribution in [0, 0.1) is 11.8 Å². The van der Waals surface area contributed by atoms with Gasteiger partial charge in [-0.15, -0.1) is 12.4 Å². The van der Waals surface area contributed by atoms with Gasteiger partial charge < -0.3 is 10.2 Å². The highest BCUT2D eigenvalue weighted by atomic mass is 79.9. The molecule has 3 rings (SSSR count). The third-order valence-corrected chi connectivity index (χ3v) is 5.66.